The standard InChI is InChI=1S/C26H27F4IN8O/c1-4-38(5-2)13-12-32-23-21-22(36-37(3)24(21)34-15-33-23)16-6-9-18(10-7-16)39(31)25(40)35-20-14-17(26(28,29)30)8-11-19(20)27/h6-11,14-15H,4-5,12-13H2,1-3H3,(H,35,40)(H,32,33,34). The molecule has 9 nitrogen and oxygen atoms in total. The first kappa shape index (κ1) is 29.5. The molecule has 0 spiro atoms. The third-order valence-electron chi connectivity index (χ3n) is 6.32. The molecule has 0 aliphatic rings. The van der Waals surface area contributed by atoms with Crippen LogP contribution in [0.3, 0.4) is 0 Å². The van der Waals surface area contributed by atoms with Gasteiger partial charge in [-0.05, 0) is 43.4 Å². The summed E-state index contributed by atoms with van der Waals surface area (Å²) in [4.78, 5) is 23.8. The van der Waals surface area contributed by atoms with Gasteiger partial charge >= 0.3 is 12.2 Å². The number of benzene rings is 2. The molecule has 2 heterocycles. The Hall–Kier alpha value is -3.53. The van der Waals surface area contributed by atoms with Crippen LogP contribution in [0.25, 0.3) is 22.3 Å². The zero-order chi connectivity index (χ0) is 29.0. The van der Waals surface area contributed by atoms with Crippen LogP contribution in [0.4, 0.5) is 39.5 Å². The van der Waals surface area contributed by atoms with Crippen LogP contribution < -0.4 is 13.7 Å². The Bertz CT molecular complexity index is 1490. The van der Waals surface area contributed by atoms with Crippen LogP contribution in [0.1, 0.15) is 19.4 Å². The van der Waals surface area contributed by atoms with Crippen molar-refractivity contribution in [1.29, 1.82) is 0 Å². The Morgan fingerprint density at radius 1 is 1.07 bits per heavy atom. The van der Waals surface area contributed by atoms with Crippen molar-refractivity contribution in [2.75, 3.05) is 39.9 Å². The number of amides is 2. The quantitative estimate of drug-likeness (QED) is 0.123. The second-order valence-corrected chi connectivity index (χ2v) is 9.76. The maximum absolute atomic E-state index is 14.1. The highest BCUT2D eigenvalue weighted by Gasteiger charge is 2.31. The van der Waals surface area contributed by atoms with Gasteiger partial charge in [-0.2, -0.15) is 18.3 Å². The monoisotopic (exact) mass is 670 g/mol. The fourth-order valence-corrected chi connectivity index (χ4v) is 4.57. The van der Waals surface area contributed by atoms with Crippen LogP contribution in [0, 0.1) is 5.82 Å². The van der Waals surface area contributed by atoms with Crippen molar-refractivity contribution in [2.24, 2.45) is 7.05 Å². The Balaban J connectivity index is 1.55. The predicted octanol–water partition coefficient (Wildman–Crippen LogP) is 6.33. The average Bonchev–Trinajstić information content (AvgIpc) is 3.28. The summed E-state index contributed by atoms with van der Waals surface area (Å²) in [5.74, 6) is -0.324. The summed E-state index contributed by atoms with van der Waals surface area (Å²) in [5.41, 5.74) is 0.817. The average molecular weight is 670 g/mol. The first-order chi connectivity index (χ1) is 19.0. The number of nitrogens with zero attached hydrogens (tertiary/aromatic N) is 6. The number of hydrogen-bond acceptors (Lipinski definition) is 6. The number of carbonyl (C=O) groups is 1. The summed E-state index contributed by atoms with van der Waals surface area (Å²) in [6, 6.07) is 7.85. The molecule has 0 unspecified atom stereocenters. The van der Waals surface area contributed by atoms with E-state index in [1.165, 1.54) is 6.33 Å². The zero-order valence-electron chi connectivity index (χ0n) is 21.9. The van der Waals surface area contributed by atoms with E-state index in [1.54, 1.807) is 58.9 Å². The maximum atomic E-state index is 14.1. The minimum Gasteiger partial charge on any atom is -0.368 e. The van der Waals surface area contributed by atoms with Crippen LogP contribution >= 0.6 is 22.9 Å². The zero-order valence-corrected chi connectivity index (χ0v) is 24.1. The molecule has 40 heavy (non-hydrogen) atoms. The summed E-state index contributed by atoms with van der Waals surface area (Å²) in [6.07, 6.45) is -3.19. The van der Waals surface area contributed by atoms with Gasteiger partial charge in [-0.1, -0.05) is 26.0 Å². The predicted molar refractivity (Wildman–Crippen MR) is 155 cm³/mol. The highest BCUT2D eigenvalue weighted by Crippen LogP contribution is 2.34. The molecule has 0 aliphatic carbocycles. The van der Waals surface area contributed by atoms with Gasteiger partial charge < -0.3 is 15.5 Å². The normalized spacial score (nSPS) is 11.7. The summed E-state index contributed by atoms with van der Waals surface area (Å²) >= 11 is 1.70. The smallest absolute Gasteiger partial charge is 0.368 e. The van der Waals surface area contributed by atoms with Gasteiger partial charge in [0.05, 0.1) is 45.2 Å². The van der Waals surface area contributed by atoms with E-state index in [0.717, 1.165) is 33.7 Å². The fraction of sp³-hybridized carbons (Fsp3) is 0.308. The third kappa shape index (κ3) is 6.43. The molecule has 2 aromatic heterocycles. The number of anilines is 3. The molecule has 0 bridgehead atoms. The van der Waals surface area contributed by atoms with E-state index in [9.17, 15) is 22.4 Å². The molecule has 0 saturated carbocycles. The highest BCUT2D eigenvalue weighted by molar-refractivity contribution is 14.1. The van der Waals surface area contributed by atoms with E-state index >= 15 is 0 Å². The minimum absolute atomic E-state index is 0.420. The lowest BCUT2D eigenvalue weighted by molar-refractivity contribution is -0.137. The maximum Gasteiger partial charge on any atom is 0.416 e. The van der Waals surface area contributed by atoms with Gasteiger partial charge in [0.25, 0.3) is 0 Å². The summed E-state index contributed by atoms with van der Waals surface area (Å²) in [6.45, 7) is 7.65. The number of alkyl halides is 3. The van der Waals surface area contributed by atoms with Crippen LogP contribution in [0.15, 0.2) is 48.8 Å². The Morgan fingerprint density at radius 3 is 2.42 bits per heavy atom. The van der Waals surface area contributed by atoms with E-state index in [-0.39, 0.29) is 0 Å². The van der Waals surface area contributed by atoms with Gasteiger partial charge in [0.15, 0.2) is 5.65 Å². The summed E-state index contributed by atoms with van der Waals surface area (Å²) < 4.78 is 56.0. The molecular weight excluding hydrogens is 643 g/mol. The third-order valence-corrected chi connectivity index (χ3v) is 7.31. The fourth-order valence-electron chi connectivity index (χ4n) is 4.12. The lowest BCUT2D eigenvalue weighted by Crippen LogP contribution is -2.28. The van der Waals surface area contributed by atoms with Gasteiger partial charge in [-0.3, -0.25) is 0 Å². The molecule has 2 amide bonds. The second-order valence-electron chi connectivity index (χ2n) is 8.80. The molecule has 4 aromatic rings. The van der Waals surface area contributed by atoms with Crippen molar-refractivity contribution < 1.29 is 22.4 Å². The minimum atomic E-state index is -4.67. The molecule has 0 fully saturated rings. The van der Waals surface area contributed by atoms with E-state index in [4.69, 9.17) is 0 Å². The summed E-state index contributed by atoms with van der Waals surface area (Å²) in [7, 11) is 1.79. The van der Waals surface area contributed by atoms with Gasteiger partial charge in [-0.15, -0.1) is 0 Å². The Labute approximate surface area is 242 Å². The van der Waals surface area contributed by atoms with Crippen molar-refractivity contribution in [3.05, 3.63) is 60.2 Å². The van der Waals surface area contributed by atoms with Crippen molar-refractivity contribution in [1.82, 2.24) is 24.6 Å². The van der Waals surface area contributed by atoms with Crippen molar-refractivity contribution in [3.8, 4) is 11.3 Å². The molecule has 2 N–H and O–H groups in total. The number of rotatable bonds is 9. The number of aryl methyl sites for hydroxylation is 1. The number of hydrogen-bond donors (Lipinski definition) is 2. The van der Waals surface area contributed by atoms with Gasteiger partial charge in [-0.25, -0.2) is 26.9 Å². The molecule has 4 rings (SSSR count). The van der Waals surface area contributed by atoms with Gasteiger partial charge in [0, 0.05) is 25.7 Å². The lowest BCUT2D eigenvalue weighted by atomic mass is 10.1. The van der Waals surface area contributed by atoms with Crippen LogP contribution in [-0.4, -0.2) is 56.9 Å². The molecule has 14 heteroatoms. The SMILES string of the molecule is CCN(CC)CCNc1ncnc2c1c(-c1ccc(N(I)C(=O)Nc3cc(C(F)(F)F)ccc3F)cc1)nn2C. The first-order valence-electron chi connectivity index (χ1n) is 12.4. The molecule has 0 saturated heterocycles. The van der Waals surface area contributed by atoms with Crippen molar-refractivity contribution in [2.45, 2.75) is 20.0 Å². The Kier molecular flexibility index (Phi) is 9.08. The highest BCUT2D eigenvalue weighted by atomic mass is 127. The van der Waals surface area contributed by atoms with Gasteiger partial charge in [0.2, 0.25) is 0 Å². The molecule has 0 aliphatic heterocycles. The number of likely N-dealkylation sites (N-methyl/N-ethyl adjacent to an activating group) is 1. The lowest BCUT2D eigenvalue weighted by Gasteiger charge is -2.18. The number of fused-ring (bicyclic) bond motifs is 1. The first-order valence-corrected chi connectivity index (χ1v) is 13.4. The number of carbonyl (C=O) groups excluding carboxylic acids is 1. The van der Waals surface area contributed by atoms with E-state index in [2.05, 4.69) is 44.4 Å². The number of urea groups is 1. The second kappa shape index (κ2) is 12.3. The molecule has 212 valence electrons. The largest absolute Gasteiger partial charge is 0.416 e. The summed E-state index contributed by atoms with van der Waals surface area (Å²) in [5, 5.41) is 11.0. The van der Waals surface area contributed by atoms with Crippen LogP contribution in [-0.2, 0) is 13.2 Å². The number of halogens is 5. The van der Waals surface area contributed by atoms with Gasteiger partial charge in [0.1, 0.15) is 23.7 Å². The van der Waals surface area contributed by atoms with Crippen LogP contribution in [0.2, 0.25) is 0 Å². The topological polar surface area (TPSA) is 91.2 Å². The van der Waals surface area contributed by atoms with Crippen molar-refractivity contribution >= 4 is 57.1 Å². The molecule has 2 aromatic carbocycles. The van der Waals surface area contributed by atoms with E-state index in [1.807, 2.05) is 0 Å². The van der Waals surface area contributed by atoms with Crippen molar-refractivity contribution in [3.63, 3.8) is 0 Å². The number of aromatic nitrogens is 4. The van der Waals surface area contributed by atoms with E-state index < -0.39 is 29.3 Å². The molecular formula is C26H27F4IN8O. The van der Waals surface area contributed by atoms with E-state index in [0.29, 0.717) is 47.6 Å². The Morgan fingerprint density at radius 2 is 1.77 bits per heavy atom. The number of nitrogens with one attached hydrogen (secondary N) is 2. The molecule has 0 radical (unpaired) electrons. The van der Waals surface area contributed by atoms with Crippen LogP contribution in [0.5, 0.6) is 0 Å². The molecule has 0 atom stereocenters.